The second-order valence-electron chi connectivity index (χ2n) is 4.52. The summed E-state index contributed by atoms with van der Waals surface area (Å²) in [6.45, 7) is 0. The average molecular weight is 267 g/mol. The van der Waals surface area contributed by atoms with Gasteiger partial charge in [-0.05, 0) is 24.3 Å². The lowest BCUT2D eigenvalue weighted by molar-refractivity contribution is 0.0691. The zero-order chi connectivity index (χ0) is 13.0. The number of aromatic carboxylic acids is 1. The topological polar surface area (TPSA) is 53.1 Å². The van der Waals surface area contributed by atoms with Crippen molar-refractivity contribution in [3.63, 3.8) is 0 Å². The Labute approximate surface area is 112 Å². The maximum Gasteiger partial charge on any atom is 0.352 e. The summed E-state index contributed by atoms with van der Waals surface area (Å²) in [6.07, 6.45) is 0. The summed E-state index contributed by atoms with van der Waals surface area (Å²) in [6, 6.07) is 14.0. The molecule has 19 heavy (non-hydrogen) atoms. The first kappa shape index (κ1) is 10.6. The van der Waals surface area contributed by atoms with Crippen LogP contribution in [0.1, 0.15) is 10.5 Å². The highest BCUT2D eigenvalue weighted by Crippen LogP contribution is 2.36. The second-order valence-corrected chi connectivity index (χ2v) is 5.61. The number of aromatic amines is 1. The van der Waals surface area contributed by atoms with E-state index in [0.717, 1.165) is 10.9 Å². The Balaban J connectivity index is 2.14. The summed E-state index contributed by atoms with van der Waals surface area (Å²) in [4.78, 5) is 13.9. The van der Waals surface area contributed by atoms with Crippen LogP contribution in [0.25, 0.3) is 31.1 Å². The molecule has 92 valence electrons. The van der Waals surface area contributed by atoms with E-state index in [4.69, 9.17) is 5.11 Å². The van der Waals surface area contributed by atoms with Crippen molar-refractivity contribution < 1.29 is 9.90 Å². The Morgan fingerprint density at radius 2 is 1.89 bits per heavy atom. The van der Waals surface area contributed by atoms with Gasteiger partial charge in [-0.3, -0.25) is 0 Å². The van der Waals surface area contributed by atoms with Crippen LogP contribution in [0.3, 0.4) is 0 Å². The SMILES string of the molecule is O=C(O)c1cc2cc3c(cc2[nH]1)sc1ccccc13. The van der Waals surface area contributed by atoms with Crippen molar-refractivity contribution >= 4 is 48.4 Å². The van der Waals surface area contributed by atoms with Gasteiger partial charge in [-0.2, -0.15) is 0 Å². The van der Waals surface area contributed by atoms with Crippen molar-refractivity contribution in [2.45, 2.75) is 0 Å². The highest BCUT2D eigenvalue weighted by Gasteiger charge is 2.10. The molecule has 3 nitrogen and oxygen atoms in total. The lowest BCUT2D eigenvalue weighted by Crippen LogP contribution is -1.94. The fraction of sp³-hybridized carbons (Fsp3) is 0. The second kappa shape index (κ2) is 3.59. The number of carboxylic acid groups (broad SMARTS) is 1. The van der Waals surface area contributed by atoms with Crippen LogP contribution in [0.15, 0.2) is 42.5 Å². The lowest BCUT2D eigenvalue weighted by atomic mass is 10.1. The van der Waals surface area contributed by atoms with E-state index in [9.17, 15) is 4.79 Å². The van der Waals surface area contributed by atoms with Crippen LogP contribution in [0, 0.1) is 0 Å². The standard InChI is InChI=1S/C15H9NO2S/c17-15(18)12-6-8-5-10-9-3-1-2-4-13(9)19-14(10)7-11(8)16-12/h1-7,16H,(H,17,18). The number of carboxylic acids is 1. The molecule has 2 aromatic heterocycles. The van der Waals surface area contributed by atoms with E-state index >= 15 is 0 Å². The lowest BCUT2D eigenvalue weighted by Gasteiger charge is -1.92. The summed E-state index contributed by atoms with van der Waals surface area (Å²) in [7, 11) is 0. The highest BCUT2D eigenvalue weighted by molar-refractivity contribution is 7.25. The van der Waals surface area contributed by atoms with Gasteiger partial charge in [-0.25, -0.2) is 4.79 Å². The molecule has 4 heteroatoms. The minimum Gasteiger partial charge on any atom is -0.477 e. The molecule has 0 aliphatic rings. The third kappa shape index (κ3) is 1.47. The van der Waals surface area contributed by atoms with Crippen LogP contribution in [0.2, 0.25) is 0 Å². The quantitative estimate of drug-likeness (QED) is 0.542. The van der Waals surface area contributed by atoms with Crippen molar-refractivity contribution in [2.75, 3.05) is 0 Å². The van der Waals surface area contributed by atoms with E-state index in [0.29, 0.717) is 0 Å². The van der Waals surface area contributed by atoms with Crippen molar-refractivity contribution in [3.05, 3.63) is 48.2 Å². The Morgan fingerprint density at radius 1 is 1.05 bits per heavy atom. The number of hydrogen-bond donors (Lipinski definition) is 2. The van der Waals surface area contributed by atoms with Gasteiger partial charge in [0, 0.05) is 31.1 Å². The minimum absolute atomic E-state index is 0.233. The van der Waals surface area contributed by atoms with Gasteiger partial charge >= 0.3 is 5.97 Å². The van der Waals surface area contributed by atoms with E-state index < -0.39 is 5.97 Å². The monoisotopic (exact) mass is 267 g/mol. The number of thiophene rings is 1. The Bertz CT molecular complexity index is 949. The predicted molar refractivity (Wildman–Crippen MR) is 78.1 cm³/mol. The molecule has 0 aliphatic heterocycles. The van der Waals surface area contributed by atoms with Crippen LogP contribution in [-0.2, 0) is 0 Å². The number of aromatic nitrogens is 1. The Hall–Kier alpha value is -2.33. The van der Waals surface area contributed by atoms with Crippen LogP contribution in [-0.4, -0.2) is 16.1 Å². The van der Waals surface area contributed by atoms with Crippen LogP contribution in [0.4, 0.5) is 0 Å². The number of benzene rings is 2. The molecular formula is C15H9NO2S. The van der Waals surface area contributed by atoms with Gasteiger partial charge in [-0.15, -0.1) is 11.3 Å². The highest BCUT2D eigenvalue weighted by atomic mass is 32.1. The number of carbonyl (C=O) groups is 1. The van der Waals surface area contributed by atoms with Gasteiger partial charge in [0.05, 0.1) is 0 Å². The van der Waals surface area contributed by atoms with E-state index in [1.807, 2.05) is 18.2 Å². The third-order valence-electron chi connectivity index (χ3n) is 3.35. The van der Waals surface area contributed by atoms with Gasteiger partial charge in [0.15, 0.2) is 0 Å². The normalized spacial score (nSPS) is 11.6. The molecule has 0 radical (unpaired) electrons. The summed E-state index contributed by atoms with van der Waals surface area (Å²) in [5.74, 6) is -0.926. The van der Waals surface area contributed by atoms with Crippen molar-refractivity contribution in [1.82, 2.24) is 4.98 Å². The molecule has 2 aromatic carbocycles. The van der Waals surface area contributed by atoms with Gasteiger partial charge in [0.2, 0.25) is 0 Å². The smallest absolute Gasteiger partial charge is 0.352 e. The summed E-state index contributed by atoms with van der Waals surface area (Å²) < 4.78 is 2.43. The summed E-state index contributed by atoms with van der Waals surface area (Å²) in [5.41, 5.74) is 1.11. The van der Waals surface area contributed by atoms with E-state index in [1.54, 1.807) is 17.4 Å². The predicted octanol–water partition coefficient (Wildman–Crippen LogP) is 4.23. The van der Waals surface area contributed by atoms with E-state index in [-0.39, 0.29) is 5.69 Å². The molecule has 0 saturated heterocycles. The van der Waals surface area contributed by atoms with Crippen LogP contribution < -0.4 is 0 Å². The summed E-state index contributed by atoms with van der Waals surface area (Å²) >= 11 is 1.73. The molecule has 2 N–H and O–H groups in total. The molecule has 0 spiro atoms. The largest absolute Gasteiger partial charge is 0.477 e. The molecule has 4 rings (SSSR count). The summed E-state index contributed by atoms with van der Waals surface area (Å²) in [5, 5.41) is 12.4. The van der Waals surface area contributed by atoms with Gasteiger partial charge < -0.3 is 10.1 Å². The average Bonchev–Trinajstić information content (AvgIpc) is 2.96. The number of hydrogen-bond acceptors (Lipinski definition) is 2. The van der Waals surface area contributed by atoms with Gasteiger partial charge in [-0.1, -0.05) is 18.2 Å². The Kier molecular flexibility index (Phi) is 2.00. The molecule has 0 saturated carbocycles. The number of H-pyrrole nitrogens is 1. The number of fused-ring (bicyclic) bond motifs is 4. The molecule has 0 bridgehead atoms. The maximum absolute atomic E-state index is 11.0. The molecule has 0 amide bonds. The minimum atomic E-state index is -0.926. The molecule has 2 heterocycles. The van der Waals surface area contributed by atoms with E-state index in [2.05, 4.69) is 23.2 Å². The zero-order valence-electron chi connectivity index (χ0n) is 9.81. The van der Waals surface area contributed by atoms with Crippen LogP contribution >= 0.6 is 11.3 Å². The van der Waals surface area contributed by atoms with Crippen molar-refractivity contribution in [2.24, 2.45) is 0 Å². The van der Waals surface area contributed by atoms with Crippen LogP contribution in [0.5, 0.6) is 0 Å². The van der Waals surface area contributed by atoms with Crippen molar-refractivity contribution in [3.8, 4) is 0 Å². The third-order valence-corrected chi connectivity index (χ3v) is 4.48. The molecule has 0 fully saturated rings. The fourth-order valence-electron chi connectivity index (χ4n) is 2.47. The van der Waals surface area contributed by atoms with Gasteiger partial charge in [0.25, 0.3) is 0 Å². The molecule has 0 aliphatic carbocycles. The van der Waals surface area contributed by atoms with Gasteiger partial charge in [0.1, 0.15) is 5.69 Å². The molecule has 4 aromatic rings. The van der Waals surface area contributed by atoms with E-state index in [1.165, 1.54) is 20.2 Å². The zero-order valence-corrected chi connectivity index (χ0v) is 10.6. The first-order valence-electron chi connectivity index (χ1n) is 5.90. The number of rotatable bonds is 1. The Morgan fingerprint density at radius 3 is 2.74 bits per heavy atom. The molecular weight excluding hydrogens is 258 g/mol. The first-order chi connectivity index (χ1) is 9.22. The first-order valence-corrected chi connectivity index (χ1v) is 6.71. The molecule has 0 atom stereocenters. The fourth-order valence-corrected chi connectivity index (χ4v) is 3.59. The number of nitrogens with one attached hydrogen (secondary N) is 1. The maximum atomic E-state index is 11.0. The van der Waals surface area contributed by atoms with Crippen molar-refractivity contribution in [1.29, 1.82) is 0 Å². The molecule has 0 unspecified atom stereocenters.